The zero-order valence-corrected chi connectivity index (χ0v) is 12.7. The van der Waals surface area contributed by atoms with E-state index in [-0.39, 0.29) is 5.75 Å². The Morgan fingerprint density at radius 2 is 1.56 bits per heavy atom. The number of benzene rings is 1. The Kier molecular flexibility index (Phi) is 4.23. The molecule has 0 heterocycles. The van der Waals surface area contributed by atoms with Crippen molar-refractivity contribution in [3.8, 4) is 0 Å². The Labute approximate surface area is 110 Å². The number of aryl methyl sites for hydroxylation is 3. The van der Waals surface area contributed by atoms with E-state index < -0.39 is 15.3 Å². The predicted octanol–water partition coefficient (Wildman–Crippen LogP) is 2.37. The second-order valence-corrected chi connectivity index (χ2v) is 7.79. The van der Waals surface area contributed by atoms with Crippen molar-refractivity contribution in [3.63, 3.8) is 0 Å². The van der Waals surface area contributed by atoms with Crippen LogP contribution in [0.3, 0.4) is 0 Å². The molecule has 2 N–H and O–H groups in total. The summed E-state index contributed by atoms with van der Waals surface area (Å²) in [5.74, 6) is 0.0832. The topological polar surface area (TPSA) is 60.2 Å². The van der Waals surface area contributed by atoms with E-state index in [2.05, 4.69) is 0 Å². The summed E-state index contributed by atoms with van der Waals surface area (Å²) in [6, 6.07) is 3.70. The maximum absolute atomic E-state index is 12.4. The Balaban J connectivity index is 3.26. The highest BCUT2D eigenvalue weighted by Crippen LogP contribution is 2.26. The molecule has 18 heavy (non-hydrogen) atoms. The van der Waals surface area contributed by atoms with Crippen molar-refractivity contribution in [1.29, 1.82) is 0 Å². The van der Waals surface area contributed by atoms with E-state index in [1.54, 1.807) is 6.07 Å². The standard InChI is InChI=1S/C14H23NO2S/c1-10-6-12(3)13(7-11(10)2)18(16,17)9-14(4,5)8-15/h6-7H,8-9,15H2,1-5H3. The van der Waals surface area contributed by atoms with E-state index in [1.165, 1.54) is 0 Å². The first kappa shape index (κ1) is 15.2. The van der Waals surface area contributed by atoms with Crippen LogP contribution in [0.15, 0.2) is 17.0 Å². The second kappa shape index (κ2) is 5.02. The maximum atomic E-state index is 12.4. The third kappa shape index (κ3) is 3.33. The van der Waals surface area contributed by atoms with Gasteiger partial charge in [-0.05, 0) is 55.5 Å². The smallest absolute Gasteiger partial charge is 0.179 e. The molecule has 1 rings (SSSR count). The number of rotatable bonds is 4. The first-order valence-corrected chi connectivity index (χ1v) is 7.75. The SMILES string of the molecule is Cc1cc(C)c(S(=O)(=O)CC(C)(C)CN)cc1C. The monoisotopic (exact) mass is 269 g/mol. The molecule has 102 valence electrons. The molecule has 0 aromatic heterocycles. The molecule has 0 aliphatic carbocycles. The van der Waals surface area contributed by atoms with Gasteiger partial charge in [0.15, 0.2) is 9.84 Å². The van der Waals surface area contributed by atoms with Crippen LogP contribution in [0.2, 0.25) is 0 Å². The molecule has 0 bridgehead atoms. The number of nitrogens with two attached hydrogens (primary N) is 1. The van der Waals surface area contributed by atoms with E-state index in [1.807, 2.05) is 40.7 Å². The van der Waals surface area contributed by atoms with Gasteiger partial charge < -0.3 is 5.73 Å². The third-order valence-electron chi connectivity index (χ3n) is 3.26. The number of hydrogen-bond acceptors (Lipinski definition) is 3. The summed E-state index contributed by atoms with van der Waals surface area (Å²) in [5.41, 5.74) is 8.15. The van der Waals surface area contributed by atoms with Gasteiger partial charge in [-0.3, -0.25) is 0 Å². The van der Waals surface area contributed by atoms with Crippen LogP contribution in [0.5, 0.6) is 0 Å². The largest absolute Gasteiger partial charge is 0.330 e. The van der Waals surface area contributed by atoms with Gasteiger partial charge in [-0.1, -0.05) is 19.9 Å². The molecule has 0 atom stereocenters. The van der Waals surface area contributed by atoms with Crippen LogP contribution in [0, 0.1) is 26.2 Å². The van der Waals surface area contributed by atoms with Gasteiger partial charge >= 0.3 is 0 Å². The lowest BCUT2D eigenvalue weighted by Gasteiger charge is -2.22. The zero-order chi connectivity index (χ0) is 14.1. The summed E-state index contributed by atoms with van der Waals surface area (Å²) in [4.78, 5) is 0.437. The van der Waals surface area contributed by atoms with Crippen molar-refractivity contribution in [2.24, 2.45) is 11.1 Å². The maximum Gasteiger partial charge on any atom is 0.179 e. The third-order valence-corrected chi connectivity index (χ3v) is 5.53. The van der Waals surface area contributed by atoms with E-state index in [9.17, 15) is 8.42 Å². The van der Waals surface area contributed by atoms with Crippen LogP contribution >= 0.6 is 0 Å². The molecule has 0 unspecified atom stereocenters. The fraction of sp³-hybridized carbons (Fsp3) is 0.571. The Morgan fingerprint density at radius 1 is 1.06 bits per heavy atom. The quantitative estimate of drug-likeness (QED) is 0.913. The molecular formula is C14H23NO2S. The summed E-state index contributed by atoms with van der Waals surface area (Å²) >= 11 is 0. The van der Waals surface area contributed by atoms with Gasteiger partial charge in [0.1, 0.15) is 0 Å². The fourth-order valence-corrected chi connectivity index (χ4v) is 4.13. The Bertz CT molecular complexity index is 545. The average molecular weight is 269 g/mol. The van der Waals surface area contributed by atoms with E-state index >= 15 is 0 Å². The Hall–Kier alpha value is -0.870. The molecule has 1 aromatic carbocycles. The van der Waals surface area contributed by atoms with E-state index in [4.69, 9.17) is 5.73 Å². The van der Waals surface area contributed by atoms with E-state index in [0.717, 1.165) is 16.7 Å². The summed E-state index contributed by atoms with van der Waals surface area (Å²) in [7, 11) is -3.28. The lowest BCUT2D eigenvalue weighted by Crippen LogP contribution is -2.32. The number of hydrogen-bond donors (Lipinski definition) is 1. The van der Waals surface area contributed by atoms with Gasteiger partial charge in [-0.15, -0.1) is 0 Å². The summed E-state index contributed by atoms with van der Waals surface area (Å²) < 4.78 is 24.9. The van der Waals surface area contributed by atoms with Gasteiger partial charge in [0, 0.05) is 0 Å². The van der Waals surface area contributed by atoms with Gasteiger partial charge in [0.2, 0.25) is 0 Å². The minimum absolute atomic E-state index is 0.0832. The first-order valence-electron chi connectivity index (χ1n) is 6.10. The van der Waals surface area contributed by atoms with Crippen molar-refractivity contribution < 1.29 is 8.42 Å². The molecule has 0 saturated carbocycles. The summed E-state index contributed by atoms with van der Waals surface area (Å²) in [6.07, 6.45) is 0. The van der Waals surface area contributed by atoms with Crippen LogP contribution < -0.4 is 5.73 Å². The fourth-order valence-electron chi connectivity index (χ4n) is 1.92. The summed E-state index contributed by atoms with van der Waals surface area (Å²) in [5, 5.41) is 0. The Morgan fingerprint density at radius 3 is 2.06 bits per heavy atom. The first-order chi connectivity index (χ1) is 8.09. The molecule has 0 saturated heterocycles. The molecular weight excluding hydrogens is 246 g/mol. The van der Waals surface area contributed by atoms with Crippen LogP contribution in [-0.4, -0.2) is 20.7 Å². The van der Waals surface area contributed by atoms with Crippen LogP contribution in [0.4, 0.5) is 0 Å². The zero-order valence-electron chi connectivity index (χ0n) is 11.9. The van der Waals surface area contributed by atoms with E-state index in [0.29, 0.717) is 11.4 Å². The minimum Gasteiger partial charge on any atom is -0.330 e. The average Bonchev–Trinajstić information content (AvgIpc) is 2.21. The highest BCUT2D eigenvalue weighted by Gasteiger charge is 2.27. The molecule has 0 aliphatic heterocycles. The van der Waals surface area contributed by atoms with Crippen molar-refractivity contribution in [2.45, 2.75) is 39.5 Å². The lowest BCUT2D eigenvalue weighted by atomic mass is 9.97. The molecule has 4 heteroatoms. The van der Waals surface area contributed by atoms with Crippen molar-refractivity contribution >= 4 is 9.84 Å². The van der Waals surface area contributed by atoms with Crippen LogP contribution in [-0.2, 0) is 9.84 Å². The summed E-state index contributed by atoms with van der Waals surface area (Å²) in [6.45, 7) is 9.87. The number of sulfone groups is 1. The highest BCUT2D eigenvalue weighted by molar-refractivity contribution is 7.91. The van der Waals surface area contributed by atoms with Gasteiger partial charge in [-0.25, -0.2) is 8.42 Å². The van der Waals surface area contributed by atoms with Crippen molar-refractivity contribution in [3.05, 3.63) is 28.8 Å². The van der Waals surface area contributed by atoms with Crippen LogP contribution in [0.25, 0.3) is 0 Å². The van der Waals surface area contributed by atoms with Crippen molar-refractivity contribution in [1.82, 2.24) is 0 Å². The van der Waals surface area contributed by atoms with Gasteiger partial charge in [0.05, 0.1) is 10.6 Å². The molecule has 1 aromatic rings. The normalized spacial score (nSPS) is 12.8. The highest BCUT2D eigenvalue weighted by atomic mass is 32.2. The van der Waals surface area contributed by atoms with Crippen LogP contribution in [0.1, 0.15) is 30.5 Å². The van der Waals surface area contributed by atoms with Crippen molar-refractivity contribution in [2.75, 3.05) is 12.3 Å². The second-order valence-electron chi connectivity index (χ2n) is 5.83. The molecule has 0 radical (unpaired) electrons. The molecule has 3 nitrogen and oxygen atoms in total. The minimum atomic E-state index is -3.28. The molecule has 0 spiro atoms. The van der Waals surface area contributed by atoms with Gasteiger partial charge in [-0.2, -0.15) is 0 Å². The molecule has 0 fully saturated rings. The molecule has 0 aliphatic rings. The predicted molar refractivity (Wildman–Crippen MR) is 75.5 cm³/mol. The molecule has 0 amide bonds. The van der Waals surface area contributed by atoms with Gasteiger partial charge in [0.25, 0.3) is 0 Å². The lowest BCUT2D eigenvalue weighted by molar-refractivity contribution is 0.425.